The molecule has 0 spiro atoms. The first-order valence-electron chi connectivity index (χ1n) is 5.88. The van der Waals surface area contributed by atoms with E-state index >= 15 is 0 Å². The monoisotopic (exact) mass is 264 g/mol. The summed E-state index contributed by atoms with van der Waals surface area (Å²) in [6.45, 7) is 3.86. The molecule has 0 saturated heterocycles. The number of nitrogens with one attached hydrogen (secondary N) is 1. The molecule has 0 atom stereocenters. The minimum atomic E-state index is -0.464. The number of methoxy groups -OCH3 is 2. The molecular weight excluding hydrogens is 248 g/mol. The smallest absolute Gasteiger partial charge is 0.348 e. The first kappa shape index (κ1) is 13.2. The lowest BCUT2D eigenvalue weighted by Crippen LogP contribution is -2.14. The summed E-state index contributed by atoms with van der Waals surface area (Å²) in [6.07, 6.45) is 0. The van der Waals surface area contributed by atoms with Gasteiger partial charge in [0.15, 0.2) is 11.5 Å². The molecule has 1 aromatic heterocycles. The van der Waals surface area contributed by atoms with Gasteiger partial charge >= 0.3 is 5.63 Å². The molecule has 0 amide bonds. The number of ether oxygens (including phenoxy) is 2. The Hall–Kier alpha value is -2.24. The summed E-state index contributed by atoms with van der Waals surface area (Å²) in [6, 6.07) is 3.52. The molecule has 0 radical (unpaired) electrons. The van der Waals surface area contributed by atoms with Crippen LogP contribution in [-0.4, -0.2) is 25.2 Å². The number of rotatable bonds is 4. The molecule has 6 nitrogen and oxygen atoms in total. The zero-order valence-electron chi connectivity index (χ0n) is 11.3. The van der Waals surface area contributed by atoms with Gasteiger partial charge in [-0.3, -0.25) is 0 Å². The second-order valence-electron chi connectivity index (χ2n) is 4.33. The highest BCUT2D eigenvalue weighted by Gasteiger charge is 2.12. The van der Waals surface area contributed by atoms with Crippen LogP contribution < -0.4 is 20.4 Å². The maximum absolute atomic E-state index is 11.9. The maximum Gasteiger partial charge on any atom is 0.348 e. The van der Waals surface area contributed by atoms with Crippen molar-refractivity contribution >= 4 is 16.9 Å². The number of benzene rings is 1. The topological polar surface area (TPSA) is 73.6 Å². The van der Waals surface area contributed by atoms with E-state index in [9.17, 15) is 4.79 Å². The predicted molar refractivity (Wildman–Crippen MR) is 72.1 cm³/mol. The lowest BCUT2D eigenvalue weighted by atomic mass is 10.2. The second-order valence-corrected chi connectivity index (χ2v) is 4.33. The Kier molecular flexibility index (Phi) is 3.59. The lowest BCUT2D eigenvalue weighted by molar-refractivity contribution is 0.355. The van der Waals surface area contributed by atoms with E-state index in [1.54, 1.807) is 12.1 Å². The van der Waals surface area contributed by atoms with Crippen molar-refractivity contribution in [2.45, 2.75) is 19.9 Å². The van der Waals surface area contributed by atoms with Crippen LogP contribution in [0, 0.1) is 0 Å². The fraction of sp³-hybridized carbons (Fsp3) is 0.385. The average Bonchev–Trinajstić information content (AvgIpc) is 2.36. The highest BCUT2D eigenvalue weighted by atomic mass is 16.5. The van der Waals surface area contributed by atoms with Crippen LogP contribution in [0.15, 0.2) is 21.3 Å². The summed E-state index contributed by atoms with van der Waals surface area (Å²) in [7, 11) is 3.04. The number of anilines is 1. The Bertz CT molecular complexity index is 649. The summed E-state index contributed by atoms with van der Waals surface area (Å²) in [5.41, 5.74) is 0.0335. The zero-order chi connectivity index (χ0) is 14.0. The minimum absolute atomic E-state index is 0.119. The number of aromatic nitrogens is 1. The van der Waals surface area contributed by atoms with Crippen molar-refractivity contribution < 1.29 is 13.9 Å². The van der Waals surface area contributed by atoms with Crippen LogP contribution in [0.25, 0.3) is 10.9 Å². The van der Waals surface area contributed by atoms with Crippen LogP contribution in [0.1, 0.15) is 13.8 Å². The molecule has 2 rings (SSSR count). The third-order valence-corrected chi connectivity index (χ3v) is 2.55. The van der Waals surface area contributed by atoms with Crippen molar-refractivity contribution in [2.24, 2.45) is 0 Å². The first-order valence-corrected chi connectivity index (χ1v) is 5.88. The molecule has 2 aromatic rings. The highest BCUT2D eigenvalue weighted by Crippen LogP contribution is 2.30. The summed E-state index contributed by atoms with van der Waals surface area (Å²) in [5, 5.41) is 3.31. The molecule has 102 valence electrons. The van der Waals surface area contributed by atoms with E-state index in [2.05, 4.69) is 10.3 Å². The zero-order valence-corrected chi connectivity index (χ0v) is 11.3. The molecule has 0 aliphatic carbocycles. The Morgan fingerprint density at radius 1 is 1.21 bits per heavy atom. The summed E-state index contributed by atoms with van der Waals surface area (Å²) < 4.78 is 15.4. The van der Waals surface area contributed by atoms with Gasteiger partial charge in [-0.15, -0.1) is 0 Å². The van der Waals surface area contributed by atoms with Crippen molar-refractivity contribution in [2.75, 3.05) is 19.5 Å². The van der Waals surface area contributed by atoms with Crippen molar-refractivity contribution in [1.29, 1.82) is 0 Å². The van der Waals surface area contributed by atoms with E-state index in [1.165, 1.54) is 14.2 Å². The number of fused-ring (bicyclic) bond motifs is 1. The van der Waals surface area contributed by atoms with Crippen molar-refractivity contribution in [3.05, 3.63) is 22.6 Å². The molecule has 1 N–H and O–H groups in total. The molecule has 1 heterocycles. The van der Waals surface area contributed by atoms with E-state index in [0.29, 0.717) is 22.4 Å². The van der Waals surface area contributed by atoms with Crippen molar-refractivity contribution in [3.8, 4) is 11.5 Å². The molecule has 0 aliphatic heterocycles. The molecule has 6 heteroatoms. The van der Waals surface area contributed by atoms with Crippen LogP contribution in [0.5, 0.6) is 11.5 Å². The molecule has 1 aromatic carbocycles. The van der Waals surface area contributed by atoms with E-state index < -0.39 is 5.63 Å². The number of nitrogens with zero attached hydrogens (tertiary/aromatic N) is 1. The fourth-order valence-electron chi connectivity index (χ4n) is 1.71. The molecular formula is C13H16N2O4. The van der Waals surface area contributed by atoms with Gasteiger partial charge in [-0.2, -0.15) is 4.98 Å². The first-order chi connectivity index (χ1) is 9.05. The standard InChI is InChI=1S/C13H16N2O4/c1-7(2)14-13-15-9-6-11(18-4)10(17-3)5-8(9)12(16)19-13/h5-7H,1-4H3,(H,14,15). The van der Waals surface area contributed by atoms with Crippen LogP contribution in [0.4, 0.5) is 6.01 Å². The minimum Gasteiger partial charge on any atom is -0.493 e. The third kappa shape index (κ3) is 2.62. The quantitative estimate of drug-likeness (QED) is 0.910. The van der Waals surface area contributed by atoms with Gasteiger partial charge < -0.3 is 19.2 Å². The van der Waals surface area contributed by atoms with E-state index in [4.69, 9.17) is 13.9 Å². The van der Waals surface area contributed by atoms with Crippen LogP contribution in [-0.2, 0) is 0 Å². The van der Waals surface area contributed by atoms with Crippen LogP contribution >= 0.6 is 0 Å². The summed E-state index contributed by atoms with van der Waals surface area (Å²) in [4.78, 5) is 16.2. The van der Waals surface area contributed by atoms with Crippen molar-refractivity contribution in [1.82, 2.24) is 4.98 Å². The third-order valence-electron chi connectivity index (χ3n) is 2.55. The van der Waals surface area contributed by atoms with Gasteiger partial charge in [0.05, 0.1) is 25.1 Å². The Morgan fingerprint density at radius 2 is 1.84 bits per heavy atom. The summed E-state index contributed by atoms with van der Waals surface area (Å²) in [5.74, 6) is 0.984. The fourth-order valence-corrected chi connectivity index (χ4v) is 1.71. The Morgan fingerprint density at radius 3 is 2.42 bits per heavy atom. The number of hydrogen-bond acceptors (Lipinski definition) is 6. The molecule has 0 bridgehead atoms. The van der Waals surface area contributed by atoms with Gasteiger partial charge in [0.1, 0.15) is 0 Å². The maximum atomic E-state index is 11.9. The van der Waals surface area contributed by atoms with E-state index in [1.807, 2.05) is 13.8 Å². The Labute approximate surface area is 110 Å². The van der Waals surface area contributed by atoms with Gasteiger partial charge in [0.2, 0.25) is 0 Å². The van der Waals surface area contributed by atoms with E-state index in [0.717, 1.165) is 0 Å². The second kappa shape index (κ2) is 5.17. The van der Waals surface area contributed by atoms with Gasteiger partial charge in [-0.25, -0.2) is 4.79 Å². The van der Waals surface area contributed by atoms with Crippen LogP contribution in [0.3, 0.4) is 0 Å². The van der Waals surface area contributed by atoms with Gasteiger partial charge in [-0.05, 0) is 13.8 Å². The van der Waals surface area contributed by atoms with Gasteiger partial charge in [0.25, 0.3) is 6.01 Å². The summed E-state index contributed by atoms with van der Waals surface area (Å²) >= 11 is 0. The molecule has 19 heavy (non-hydrogen) atoms. The largest absolute Gasteiger partial charge is 0.493 e. The van der Waals surface area contributed by atoms with Gasteiger partial charge in [-0.1, -0.05) is 0 Å². The van der Waals surface area contributed by atoms with Crippen molar-refractivity contribution in [3.63, 3.8) is 0 Å². The van der Waals surface area contributed by atoms with Crippen LogP contribution in [0.2, 0.25) is 0 Å². The SMILES string of the molecule is COc1cc2nc(NC(C)C)oc(=O)c2cc1OC. The molecule has 0 fully saturated rings. The molecule has 0 saturated carbocycles. The average molecular weight is 264 g/mol. The normalized spacial score (nSPS) is 10.8. The predicted octanol–water partition coefficient (Wildman–Crippen LogP) is 2.03. The highest BCUT2D eigenvalue weighted by molar-refractivity contribution is 5.82. The van der Waals surface area contributed by atoms with Gasteiger partial charge in [0, 0.05) is 18.2 Å². The van der Waals surface area contributed by atoms with E-state index in [-0.39, 0.29) is 12.1 Å². The molecule has 0 unspecified atom stereocenters. The Balaban J connectivity index is 2.63. The molecule has 0 aliphatic rings. The lowest BCUT2D eigenvalue weighted by Gasteiger charge is -2.10. The number of hydrogen-bond donors (Lipinski definition) is 1.